The van der Waals surface area contributed by atoms with Crippen molar-refractivity contribution in [2.24, 2.45) is 5.73 Å². The van der Waals surface area contributed by atoms with Gasteiger partial charge < -0.3 is 11.1 Å². The van der Waals surface area contributed by atoms with Crippen LogP contribution in [-0.2, 0) is 10.0 Å². The van der Waals surface area contributed by atoms with Gasteiger partial charge in [-0.25, -0.2) is 12.8 Å². The lowest BCUT2D eigenvalue weighted by Gasteiger charge is -2.14. The molecule has 4 rings (SSSR count). The van der Waals surface area contributed by atoms with E-state index in [0.29, 0.717) is 5.56 Å². The molecule has 0 heterocycles. The minimum absolute atomic E-state index is 0.0964. The first kappa shape index (κ1) is 23.7. The maximum Gasteiger partial charge on any atom is 0.261 e. The molecule has 0 unspecified atom stereocenters. The predicted molar refractivity (Wildman–Crippen MR) is 132 cm³/mol. The summed E-state index contributed by atoms with van der Waals surface area (Å²) >= 11 is 0. The molecule has 35 heavy (non-hydrogen) atoms. The molecule has 0 aromatic heterocycles. The van der Waals surface area contributed by atoms with Gasteiger partial charge in [-0.1, -0.05) is 42.5 Å². The number of benzene rings is 4. The lowest BCUT2D eigenvalue weighted by Crippen LogP contribution is -2.19. The molecule has 0 bridgehead atoms. The van der Waals surface area contributed by atoms with Gasteiger partial charge in [0.1, 0.15) is 5.82 Å². The summed E-state index contributed by atoms with van der Waals surface area (Å²) in [6.07, 6.45) is 0. The molecule has 0 saturated carbocycles. The Morgan fingerprint density at radius 3 is 2.03 bits per heavy atom. The van der Waals surface area contributed by atoms with Gasteiger partial charge in [-0.15, -0.1) is 0 Å². The number of nitrogens with two attached hydrogens (primary N) is 1. The van der Waals surface area contributed by atoms with E-state index in [2.05, 4.69) is 10.0 Å². The van der Waals surface area contributed by atoms with E-state index < -0.39 is 27.7 Å². The molecule has 0 atom stereocenters. The van der Waals surface area contributed by atoms with Gasteiger partial charge in [0, 0.05) is 11.3 Å². The summed E-state index contributed by atoms with van der Waals surface area (Å²) in [5.41, 5.74) is 7.75. The van der Waals surface area contributed by atoms with Gasteiger partial charge in [0.2, 0.25) is 0 Å². The van der Waals surface area contributed by atoms with Crippen LogP contribution in [0.5, 0.6) is 0 Å². The van der Waals surface area contributed by atoms with Crippen molar-refractivity contribution >= 4 is 33.2 Å². The second-order valence-corrected chi connectivity index (χ2v) is 9.26. The van der Waals surface area contributed by atoms with Crippen molar-refractivity contribution in [2.75, 3.05) is 10.0 Å². The Bertz CT molecular complexity index is 1490. The van der Waals surface area contributed by atoms with Crippen LogP contribution in [0.3, 0.4) is 0 Å². The third-order valence-corrected chi connectivity index (χ3v) is 6.55. The maximum absolute atomic E-state index is 13.2. The van der Waals surface area contributed by atoms with Crippen LogP contribution in [-0.4, -0.2) is 20.2 Å². The molecule has 176 valence electrons. The molecule has 9 heteroatoms. The van der Waals surface area contributed by atoms with Gasteiger partial charge in [0.25, 0.3) is 21.8 Å². The van der Waals surface area contributed by atoms with E-state index in [9.17, 15) is 22.4 Å². The molecule has 0 radical (unpaired) electrons. The van der Waals surface area contributed by atoms with Gasteiger partial charge in [0.05, 0.1) is 16.1 Å². The number of carbonyl (C=O) groups excluding carboxylic acids is 2. The van der Waals surface area contributed by atoms with E-state index in [-0.39, 0.29) is 21.8 Å². The highest BCUT2D eigenvalue weighted by molar-refractivity contribution is 7.92. The summed E-state index contributed by atoms with van der Waals surface area (Å²) in [6, 6.07) is 24.9. The van der Waals surface area contributed by atoms with Crippen molar-refractivity contribution in [2.45, 2.75) is 4.90 Å². The zero-order chi connectivity index (χ0) is 25.0. The number of carbonyl (C=O) groups is 2. The summed E-state index contributed by atoms with van der Waals surface area (Å²) in [5, 5.41) is 2.68. The molecule has 7 nitrogen and oxygen atoms in total. The minimum Gasteiger partial charge on any atom is -0.366 e. The number of hydrogen-bond donors (Lipinski definition) is 3. The zero-order valence-corrected chi connectivity index (χ0v) is 19.1. The van der Waals surface area contributed by atoms with Crippen molar-refractivity contribution in [3.63, 3.8) is 0 Å². The zero-order valence-electron chi connectivity index (χ0n) is 18.2. The SMILES string of the molecule is NC(=O)c1ccc(NC(=O)c2ccc(-c3ccccc3)cc2)cc1NS(=O)(=O)c1ccc(F)cc1. The van der Waals surface area contributed by atoms with Crippen molar-refractivity contribution in [3.8, 4) is 11.1 Å². The molecule has 2 amide bonds. The number of rotatable bonds is 7. The molecule has 0 aliphatic heterocycles. The van der Waals surface area contributed by atoms with Gasteiger partial charge in [-0.05, 0) is 65.7 Å². The minimum atomic E-state index is -4.15. The molecule has 0 spiro atoms. The van der Waals surface area contributed by atoms with Gasteiger partial charge >= 0.3 is 0 Å². The van der Waals surface area contributed by atoms with E-state index >= 15 is 0 Å². The van der Waals surface area contributed by atoms with Crippen molar-refractivity contribution in [1.29, 1.82) is 0 Å². The Hall–Kier alpha value is -4.50. The summed E-state index contributed by atoms with van der Waals surface area (Å²) < 4.78 is 40.9. The third kappa shape index (κ3) is 5.53. The molecule has 0 saturated heterocycles. The number of nitrogens with one attached hydrogen (secondary N) is 2. The summed E-state index contributed by atoms with van der Waals surface area (Å²) in [7, 11) is -4.15. The first-order chi connectivity index (χ1) is 16.7. The summed E-state index contributed by atoms with van der Waals surface area (Å²) in [5.74, 6) is -1.89. The van der Waals surface area contributed by atoms with Crippen LogP contribution in [0, 0.1) is 5.82 Å². The van der Waals surface area contributed by atoms with Crippen molar-refractivity contribution < 1.29 is 22.4 Å². The quantitative estimate of drug-likeness (QED) is 0.350. The molecule has 0 aliphatic rings. The standard InChI is InChI=1S/C26H20FN3O4S/c27-20-10-13-22(14-11-20)35(33,34)30-24-16-21(12-15-23(24)25(28)31)29-26(32)19-8-6-18(7-9-19)17-4-2-1-3-5-17/h1-16,30H,(H2,28,31)(H,29,32). The van der Waals surface area contributed by atoms with E-state index in [1.807, 2.05) is 42.5 Å². The second-order valence-electron chi connectivity index (χ2n) is 7.58. The molecule has 4 aromatic rings. The van der Waals surface area contributed by atoms with Gasteiger partial charge in [0.15, 0.2) is 0 Å². The largest absolute Gasteiger partial charge is 0.366 e. The first-order valence-electron chi connectivity index (χ1n) is 10.4. The maximum atomic E-state index is 13.2. The highest BCUT2D eigenvalue weighted by Gasteiger charge is 2.19. The number of amides is 2. The second kappa shape index (κ2) is 9.78. The molecular weight excluding hydrogens is 469 g/mol. The average Bonchev–Trinajstić information content (AvgIpc) is 2.84. The van der Waals surface area contributed by atoms with Crippen LogP contribution >= 0.6 is 0 Å². The van der Waals surface area contributed by atoms with Gasteiger partial charge in [-0.3, -0.25) is 14.3 Å². The van der Waals surface area contributed by atoms with Gasteiger partial charge in [-0.2, -0.15) is 0 Å². The highest BCUT2D eigenvalue weighted by Crippen LogP contribution is 2.25. The molecular formula is C26H20FN3O4S. The fourth-order valence-electron chi connectivity index (χ4n) is 3.39. The van der Waals surface area contributed by atoms with Crippen LogP contribution in [0.2, 0.25) is 0 Å². The lowest BCUT2D eigenvalue weighted by molar-refractivity contribution is 0.0999. The summed E-state index contributed by atoms with van der Waals surface area (Å²) in [6.45, 7) is 0. The smallest absolute Gasteiger partial charge is 0.261 e. The predicted octanol–water partition coefficient (Wildman–Crippen LogP) is 4.64. The molecule has 0 fully saturated rings. The Morgan fingerprint density at radius 1 is 0.771 bits per heavy atom. The average molecular weight is 490 g/mol. The van der Waals surface area contributed by atoms with E-state index in [1.165, 1.54) is 18.2 Å². The normalized spacial score (nSPS) is 11.0. The van der Waals surface area contributed by atoms with E-state index in [1.54, 1.807) is 12.1 Å². The fourth-order valence-corrected chi connectivity index (χ4v) is 4.46. The molecule has 4 aromatic carbocycles. The molecule has 0 aliphatic carbocycles. The van der Waals surface area contributed by atoms with Crippen LogP contribution in [0.25, 0.3) is 11.1 Å². The first-order valence-corrected chi connectivity index (χ1v) is 11.9. The van der Waals surface area contributed by atoms with E-state index in [0.717, 1.165) is 35.4 Å². The topological polar surface area (TPSA) is 118 Å². The number of primary amides is 1. The van der Waals surface area contributed by atoms with Crippen molar-refractivity contribution in [1.82, 2.24) is 0 Å². The van der Waals surface area contributed by atoms with Crippen LogP contribution < -0.4 is 15.8 Å². The van der Waals surface area contributed by atoms with Crippen LogP contribution in [0.4, 0.5) is 15.8 Å². The van der Waals surface area contributed by atoms with E-state index in [4.69, 9.17) is 5.73 Å². The fraction of sp³-hybridized carbons (Fsp3) is 0. The number of hydrogen-bond acceptors (Lipinski definition) is 4. The third-order valence-electron chi connectivity index (χ3n) is 5.17. The van der Waals surface area contributed by atoms with Crippen molar-refractivity contribution in [3.05, 3.63) is 114 Å². The van der Waals surface area contributed by atoms with Crippen LogP contribution in [0.1, 0.15) is 20.7 Å². The molecule has 4 N–H and O–H groups in total. The Labute approximate surface area is 201 Å². The highest BCUT2D eigenvalue weighted by atomic mass is 32.2. The van der Waals surface area contributed by atoms with Crippen LogP contribution in [0.15, 0.2) is 102 Å². The Balaban J connectivity index is 1.57. The number of halogens is 1. The Kier molecular flexibility index (Phi) is 6.61. The lowest BCUT2D eigenvalue weighted by atomic mass is 10.0. The summed E-state index contributed by atoms with van der Waals surface area (Å²) in [4.78, 5) is 24.4. The number of sulfonamides is 1. The monoisotopic (exact) mass is 489 g/mol. The number of anilines is 2. The Morgan fingerprint density at radius 2 is 1.40 bits per heavy atom.